The molecule has 25 heavy (non-hydrogen) atoms. The summed E-state index contributed by atoms with van der Waals surface area (Å²) in [5.41, 5.74) is -0.332. The van der Waals surface area contributed by atoms with Crippen LogP contribution in [0.15, 0.2) is 12.1 Å². The van der Waals surface area contributed by atoms with E-state index in [4.69, 9.17) is 5.11 Å². The standard InChI is InChI=1S/C18H25FN2O4/c1-10(2)13-5-4-11(3)6-15(13)20-16-9-14(19)12(8-18(22)23)7-17(16)21(24)25/h7,9-11,13,15,20H,4-6,8H2,1-3H3,(H,22,23)/t11-,13+,15-/m1/s1. The Bertz CT molecular complexity index is 663. The second-order valence-corrected chi connectivity index (χ2v) is 7.37. The van der Waals surface area contributed by atoms with Crippen LogP contribution < -0.4 is 5.32 Å². The van der Waals surface area contributed by atoms with Gasteiger partial charge in [0.05, 0.1) is 11.3 Å². The van der Waals surface area contributed by atoms with Crippen LogP contribution in [0.2, 0.25) is 0 Å². The third-order valence-electron chi connectivity index (χ3n) is 5.07. The number of hydrogen-bond acceptors (Lipinski definition) is 4. The van der Waals surface area contributed by atoms with Crippen molar-refractivity contribution < 1.29 is 19.2 Å². The molecule has 0 unspecified atom stereocenters. The minimum atomic E-state index is -1.23. The fraction of sp³-hybridized carbons (Fsp3) is 0.611. The zero-order valence-corrected chi connectivity index (χ0v) is 14.8. The average molecular weight is 352 g/mol. The van der Waals surface area contributed by atoms with Gasteiger partial charge in [0.25, 0.3) is 5.69 Å². The van der Waals surface area contributed by atoms with Crippen molar-refractivity contribution in [3.63, 3.8) is 0 Å². The number of anilines is 1. The summed E-state index contributed by atoms with van der Waals surface area (Å²) in [5, 5.41) is 23.4. The molecule has 138 valence electrons. The minimum absolute atomic E-state index is 0.0344. The smallest absolute Gasteiger partial charge is 0.307 e. The Labute approximate surface area is 146 Å². The molecule has 7 heteroatoms. The van der Waals surface area contributed by atoms with Crippen LogP contribution in [0.25, 0.3) is 0 Å². The number of nitrogens with zero attached hydrogens (tertiary/aromatic N) is 1. The van der Waals surface area contributed by atoms with Crippen molar-refractivity contribution in [2.24, 2.45) is 17.8 Å². The first-order chi connectivity index (χ1) is 11.7. The number of hydrogen-bond donors (Lipinski definition) is 2. The molecule has 6 nitrogen and oxygen atoms in total. The van der Waals surface area contributed by atoms with Gasteiger partial charge in [0.1, 0.15) is 11.5 Å². The maximum atomic E-state index is 14.2. The molecule has 0 bridgehead atoms. The number of carboxylic acids is 1. The van der Waals surface area contributed by atoms with E-state index in [-0.39, 0.29) is 23.0 Å². The Kier molecular flexibility index (Phi) is 5.98. The summed E-state index contributed by atoms with van der Waals surface area (Å²) in [6, 6.07) is 2.13. The normalized spacial score (nSPS) is 23.5. The first kappa shape index (κ1) is 19.1. The van der Waals surface area contributed by atoms with E-state index in [9.17, 15) is 19.3 Å². The minimum Gasteiger partial charge on any atom is -0.481 e. The summed E-state index contributed by atoms with van der Waals surface area (Å²) in [6.45, 7) is 6.40. The quantitative estimate of drug-likeness (QED) is 0.590. The Morgan fingerprint density at radius 2 is 2.12 bits per heavy atom. The van der Waals surface area contributed by atoms with E-state index < -0.39 is 23.1 Å². The van der Waals surface area contributed by atoms with Gasteiger partial charge in [-0.3, -0.25) is 14.9 Å². The predicted octanol–water partition coefficient (Wildman–Crippen LogP) is 4.23. The highest BCUT2D eigenvalue weighted by Crippen LogP contribution is 2.37. The lowest BCUT2D eigenvalue weighted by Gasteiger charge is -2.38. The fourth-order valence-corrected chi connectivity index (χ4v) is 3.74. The van der Waals surface area contributed by atoms with E-state index in [1.807, 2.05) is 0 Å². The molecule has 1 aliphatic carbocycles. The van der Waals surface area contributed by atoms with Gasteiger partial charge >= 0.3 is 5.97 Å². The van der Waals surface area contributed by atoms with Crippen LogP contribution in [0.3, 0.4) is 0 Å². The van der Waals surface area contributed by atoms with Gasteiger partial charge in [-0.1, -0.05) is 27.2 Å². The number of nitro groups is 1. The topological polar surface area (TPSA) is 92.5 Å². The molecule has 0 spiro atoms. The molecule has 0 saturated heterocycles. The maximum absolute atomic E-state index is 14.2. The summed E-state index contributed by atoms with van der Waals surface area (Å²) in [7, 11) is 0. The molecule has 1 saturated carbocycles. The number of carboxylic acid groups (broad SMARTS) is 1. The maximum Gasteiger partial charge on any atom is 0.307 e. The highest BCUT2D eigenvalue weighted by Gasteiger charge is 2.32. The molecule has 0 radical (unpaired) electrons. The van der Waals surface area contributed by atoms with Crippen LogP contribution in [0.4, 0.5) is 15.8 Å². The van der Waals surface area contributed by atoms with Gasteiger partial charge in [-0.2, -0.15) is 0 Å². The summed E-state index contributed by atoms with van der Waals surface area (Å²) in [5.74, 6) is -0.684. The second-order valence-electron chi connectivity index (χ2n) is 7.37. The highest BCUT2D eigenvalue weighted by atomic mass is 19.1. The van der Waals surface area contributed by atoms with Gasteiger partial charge in [-0.25, -0.2) is 4.39 Å². The van der Waals surface area contributed by atoms with E-state index >= 15 is 0 Å². The van der Waals surface area contributed by atoms with Gasteiger partial charge in [-0.05, 0) is 30.6 Å². The average Bonchev–Trinajstić information content (AvgIpc) is 2.48. The summed E-state index contributed by atoms with van der Waals surface area (Å²) < 4.78 is 14.2. The molecule has 2 rings (SSSR count). The lowest BCUT2D eigenvalue weighted by molar-refractivity contribution is -0.384. The Morgan fingerprint density at radius 3 is 2.68 bits per heavy atom. The molecule has 1 fully saturated rings. The second kappa shape index (κ2) is 7.80. The van der Waals surface area contributed by atoms with E-state index in [2.05, 4.69) is 26.1 Å². The number of carbonyl (C=O) groups is 1. The number of halogens is 1. The first-order valence-electron chi connectivity index (χ1n) is 8.64. The van der Waals surface area contributed by atoms with Crippen LogP contribution in [0.1, 0.15) is 45.6 Å². The molecule has 1 aromatic rings. The van der Waals surface area contributed by atoms with Gasteiger partial charge in [0, 0.05) is 23.7 Å². The number of nitro benzene ring substituents is 1. The van der Waals surface area contributed by atoms with E-state index in [0.29, 0.717) is 17.8 Å². The van der Waals surface area contributed by atoms with Crippen molar-refractivity contribution in [1.29, 1.82) is 0 Å². The van der Waals surface area contributed by atoms with Gasteiger partial charge in [-0.15, -0.1) is 0 Å². The van der Waals surface area contributed by atoms with Crippen LogP contribution in [0.5, 0.6) is 0 Å². The Hall–Kier alpha value is -2.18. The van der Waals surface area contributed by atoms with Gasteiger partial charge in [0.15, 0.2) is 0 Å². The monoisotopic (exact) mass is 352 g/mol. The Balaban J connectivity index is 2.35. The fourth-order valence-electron chi connectivity index (χ4n) is 3.74. The Morgan fingerprint density at radius 1 is 1.44 bits per heavy atom. The molecule has 0 aliphatic heterocycles. The van der Waals surface area contributed by atoms with Crippen molar-refractivity contribution in [2.75, 3.05) is 5.32 Å². The highest BCUT2D eigenvalue weighted by molar-refractivity contribution is 5.72. The SMILES string of the molecule is CC(C)[C@@H]1CC[C@@H](C)C[C@H]1Nc1cc(F)c(CC(=O)O)cc1[N+](=O)[O-]. The number of benzene rings is 1. The summed E-state index contributed by atoms with van der Waals surface area (Å²) in [4.78, 5) is 21.6. The molecule has 1 aromatic carbocycles. The van der Waals surface area contributed by atoms with Crippen molar-refractivity contribution in [1.82, 2.24) is 0 Å². The van der Waals surface area contributed by atoms with E-state index in [1.165, 1.54) is 0 Å². The van der Waals surface area contributed by atoms with Crippen molar-refractivity contribution in [3.05, 3.63) is 33.6 Å². The summed E-state index contributed by atoms with van der Waals surface area (Å²) >= 11 is 0. The molecule has 1 aliphatic rings. The van der Waals surface area contributed by atoms with E-state index in [1.54, 1.807) is 0 Å². The molecule has 3 atom stereocenters. The van der Waals surface area contributed by atoms with Crippen LogP contribution >= 0.6 is 0 Å². The van der Waals surface area contributed by atoms with Gasteiger partial charge < -0.3 is 10.4 Å². The largest absolute Gasteiger partial charge is 0.481 e. The van der Waals surface area contributed by atoms with Crippen molar-refractivity contribution in [3.8, 4) is 0 Å². The predicted molar refractivity (Wildman–Crippen MR) is 93.1 cm³/mol. The molecule has 0 heterocycles. The molecular weight excluding hydrogens is 327 g/mol. The molecule has 2 N–H and O–H groups in total. The van der Waals surface area contributed by atoms with Crippen molar-refractivity contribution in [2.45, 2.75) is 52.5 Å². The zero-order valence-electron chi connectivity index (χ0n) is 14.8. The lowest BCUT2D eigenvalue weighted by atomic mass is 9.74. The number of aliphatic carboxylic acids is 1. The number of rotatable bonds is 6. The van der Waals surface area contributed by atoms with Crippen LogP contribution in [-0.2, 0) is 11.2 Å². The van der Waals surface area contributed by atoms with Crippen molar-refractivity contribution >= 4 is 17.3 Å². The third kappa shape index (κ3) is 4.67. The first-order valence-corrected chi connectivity index (χ1v) is 8.64. The summed E-state index contributed by atoms with van der Waals surface area (Å²) in [6.07, 6.45) is 2.44. The number of nitrogens with one attached hydrogen (secondary N) is 1. The lowest BCUT2D eigenvalue weighted by Crippen LogP contribution is -2.38. The van der Waals surface area contributed by atoms with Crippen LogP contribution in [0, 0.1) is 33.7 Å². The van der Waals surface area contributed by atoms with Crippen LogP contribution in [-0.4, -0.2) is 22.0 Å². The zero-order chi connectivity index (χ0) is 18.7. The van der Waals surface area contributed by atoms with E-state index in [0.717, 1.165) is 31.4 Å². The molecule has 0 amide bonds. The third-order valence-corrected chi connectivity index (χ3v) is 5.07. The van der Waals surface area contributed by atoms with Gasteiger partial charge in [0.2, 0.25) is 0 Å². The molecule has 0 aromatic heterocycles. The molecular formula is C18H25FN2O4.